The van der Waals surface area contributed by atoms with Crippen molar-refractivity contribution >= 4 is 21.9 Å². The van der Waals surface area contributed by atoms with Crippen molar-refractivity contribution in [2.75, 3.05) is 26.2 Å². The molecule has 0 aliphatic carbocycles. The molecule has 2 aliphatic heterocycles. The number of carbonyl (C=O) groups excluding carboxylic acids is 1. The summed E-state index contributed by atoms with van der Waals surface area (Å²) in [6, 6.07) is 5.65. The molecular formula is C19H26N2O5S. The lowest BCUT2D eigenvalue weighted by Crippen LogP contribution is -2.46. The molecule has 1 aromatic carbocycles. The summed E-state index contributed by atoms with van der Waals surface area (Å²) in [5.41, 5.74) is -0.224. The Bertz CT molecular complexity index is 807. The molecule has 1 N–H and O–H groups in total. The minimum absolute atomic E-state index is 0.130. The van der Waals surface area contributed by atoms with E-state index in [4.69, 9.17) is 0 Å². The van der Waals surface area contributed by atoms with E-state index in [9.17, 15) is 23.1 Å². The summed E-state index contributed by atoms with van der Waals surface area (Å²) in [6.07, 6.45) is 2.98. The van der Waals surface area contributed by atoms with E-state index in [0.29, 0.717) is 18.8 Å². The van der Waals surface area contributed by atoms with Gasteiger partial charge in [0, 0.05) is 32.1 Å². The van der Waals surface area contributed by atoms with Gasteiger partial charge in [0.1, 0.15) is 0 Å². The molecule has 1 amide bonds. The van der Waals surface area contributed by atoms with Gasteiger partial charge in [-0.25, -0.2) is 13.2 Å². The van der Waals surface area contributed by atoms with Crippen LogP contribution in [0.3, 0.4) is 0 Å². The Morgan fingerprint density at radius 2 is 1.59 bits per heavy atom. The van der Waals surface area contributed by atoms with E-state index in [2.05, 4.69) is 6.92 Å². The molecule has 0 radical (unpaired) electrons. The third-order valence-electron chi connectivity index (χ3n) is 5.63. The first-order valence-corrected chi connectivity index (χ1v) is 10.9. The van der Waals surface area contributed by atoms with Crippen molar-refractivity contribution < 1.29 is 23.1 Å². The monoisotopic (exact) mass is 394 g/mol. The predicted molar refractivity (Wildman–Crippen MR) is 99.9 cm³/mol. The van der Waals surface area contributed by atoms with E-state index >= 15 is 0 Å². The maximum absolute atomic E-state index is 12.9. The normalized spacial score (nSPS) is 20.6. The van der Waals surface area contributed by atoms with Crippen LogP contribution in [0, 0.1) is 11.8 Å². The number of carboxylic acids is 1. The van der Waals surface area contributed by atoms with Gasteiger partial charge in [-0.3, -0.25) is 4.79 Å². The van der Waals surface area contributed by atoms with Crippen LogP contribution in [-0.4, -0.2) is 60.8 Å². The summed E-state index contributed by atoms with van der Waals surface area (Å²) in [6.45, 7) is 4.23. The predicted octanol–water partition coefficient (Wildman–Crippen LogP) is 2.04. The molecule has 7 nitrogen and oxygen atoms in total. The number of hydrogen-bond donors (Lipinski definition) is 1. The van der Waals surface area contributed by atoms with Crippen LogP contribution in [0.5, 0.6) is 0 Å². The van der Waals surface area contributed by atoms with Gasteiger partial charge in [0.2, 0.25) is 15.9 Å². The van der Waals surface area contributed by atoms with Crippen LogP contribution in [0.1, 0.15) is 43.0 Å². The highest BCUT2D eigenvalue weighted by Gasteiger charge is 2.35. The maximum atomic E-state index is 12.9. The summed E-state index contributed by atoms with van der Waals surface area (Å²) >= 11 is 0. The van der Waals surface area contributed by atoms with Crippen LogP contribution in [0.4, 0.5) is 0 Å². The second kappa shape index (κ2) is 7.98. The van der Waals surface area contributed by atoms with Crippen LogP contribution < -0.4 is 0 Å². The number of rotatable bonds is 4. The van der Waals surface area contributed by atoms with Gasteiger partial charge in [-0.15, -0.1) is 0 Å². The van der Waals surface area contributed by atoms with Gasteiger partial charge in [0.25, 0.3) is 0 Å². The lowest BCUT2D eigenvalue weighted by Gasteiger charge is -2.36. The Kier molecular flexibility index (Phi) is 5.86. The van der Waals surface area contributed by atoms with Crippen molar-refractivity contribution in [3.8, 4) is 0 Å². The third kappa shape index (κ3) is 4.16. The van der Waals surface area contributed by atoms with E-state index in [0.717, 1.165) is 25.9 Å². The van der Waals surface area contributed by atoms with Crippen LogP contribution in [0.15, 0.2) is 29.2 Å². The first-order valence-electron chi connectivity index (χ1n) is 9.42. The summed E-state index contributed by atoms with van der Waals surface area (Å²) in [5.74, 6) is -0.640. The molecule has 2 heterocycles. The molecule has 2 fully saturated rings. The molecule has 2 saturated heterocycles. The number of carboxylic acid groups (broad SMARTS) is 1. The zero-order valence-electron chi connectivity index (χ0n) is 15.5. The number of nitrogens with zero attached hydrogens (tertiary/aromatic N) is 2. The first-order chi connectivity index (χ1) is 12.8. The molecule has 0 unspecified atom stereocenters. The number of hydrogen-bond acceptors (Lipinski definition) is 4. The maximum Gasteiger partial charge on any atom is 0.337 e. The molecular weight excluding hydrogens is 368 g/mol. The van der Waals surface area contributed by atoms with E-state index in [1.165, 1.54) is 28.6 Å². The van der Waals surface area contributed by atoms with Crippen molar-refractivity contribution in [1.29, 1.82) is 0 Å². The Labute approximate surface area is 160 Å². The Balaban J connectivity index is 1.67. The average Bonchev–Trinajstić information content (AvgIpc) is 2.68. The number of benzene rings is 1. The fourth-order valence-electron chi connectivity index (χ4n) is 3.84. The summed E-state index contributed by atoms with van der Waals surface area (Å²) in [4.78, 5) is 25.8. The van der Waals surface area contributed by atoms with Crippen molar-refractivity contribution in [2.24, 2.45) is 11.8 Å². The van der Waals surface area contributed by atoms with Gasteiger partial charge in [-0.2, -0.15) is 4.31 Å². The van der Waals surface area contributed by atoms with Crippen molar-refractivity contribution in [2.45, 2.75) is 37.5 Å². The SMILES string of the molecule is CC1CCN(C(=O)C2CCN(S(=O)(=O)c3ccccc3C(=O)O)CC2)CC1. The number of aromatic carboxylic acids is 1. The lowest BCUT2D eigenvalue weighted by molar-refractivity contribution is -0.138. The minimum atomic E-state index is -3.89. The third-order valence-corrected chi connectivity index (χ3v) is 7.59. The smallest absolute Gasteiger partial charge is 0.337 e. The second-order valence-electron chi connectivity index (χ2n) is 7.49. The van der Waals surface area contributed by atoms with E-state index in [1.54, 1.807) is 0 Å². The Morgan fingerprint density at radius 3 is 2.19 bits per heavy atom. The van der Waals surface area contributed by atoms with Crippen molar-refractivity contribution in [1.82, 2.24) is 9.21 Å². The minimum Gasteiger partial charge on any atom is -0.478 e. The molecule has 0 spiro atoms. The van der Waals surface area contributed by atoms with Gasteiger partial charge in [0.15, 0.2) is 0 Å². The van der Waals surface area contributed by atoms with Crippen LogP contribution in [0.2, 0.25) is 0 Å². The molecule has 0 atom stereocenters. The Hall–Kier alpha value is -1.93. The number of amides is 1. The molecule has 27 heavy (non-hydrogen) atoms. The largest absolute Gasteiger partial charge is 0.478 e. The fraction of sp³-hybridized carbons (Fsp3) is 0.579. The van der Waals surface area contributed by atoms with Crippen molar-refractivity contribution in [3.63, 3.8) is 0 Å². The quantitative estimate of drug-likeness (QED) is 0.843. The lowest BCUT2D eigenvalue weighted by atomic mass is 9.93. The van der Waals surface area contributed by atoms with E-state index in [-0.39, 0.29) is 35.4 Å². The van der Waals surface area contributed by atoms with Crippen LogP contribution >= 0.6 is 0 Å². The summed E-state index contributed by atoms with van der Waals surface area (Å²) < 4.78 is 27.1. The molecule has 0 aromatic heterocycles. The zero-order valence-corrected chi connectivity index (χ0v) is 16.3. The first kappa shape index (κ1) is 19.8. The molecule has 148 valence electrons. The summed E-state index contributed by atoms with van der Waals surface area (Å²) in [5, 5.41) is 9.27. The molecule has 0 bridgehead atoms. The van der Waals surface area contributed by atoms with Crippen LogP contribution in [0.25, 0.3) is 0 Å². The van der Waals surface area contributed by atoms with Crippen LogP contribution in [-0.2, 0) is 14.8 Å². The van der Waals surface area contributed by atoms with Gasteiger partial charge < -0.3 is 10.0 Å². The molecule has 2 aliphatic rings. The molecule has 1 aromatic rings. The number of likely N-dealkylation sites (tertiary alicyclic amines) is 1. The highest BCUT2D eigenvalue weighted by molar-refractivity contribution is 7.89. The average molecular weight is 394 g/mol. The van der Waals surface area contributed by atoms with E-state index in [1.807, 2.05) is 4.90 Å². The fourth-order valence-corrected chi connectivity index (χ4v) is 5.49. The number of carbonyl (C=O) groups is 2. The molecule has 8 heteroatoms. The van der Waals surface area contributed by atoms with Crippen molar-refractivity contribution in [3.05, 3.63) is 29.8 Å². The number of piperidine rings is 2. The second-order valence-corrected chi connectivity index (χ2v) is 9.39. The zero-order chi connectivity index (χ0) is 19.6. The molecule has 0 saturated carbocycles. The van der Waals surface area contributed by atoms with Gasteiger partial charge in [-0.05, 0) is 43.7 Å². The highest BCUT2D eigenvalue weighted by Crippen LogP contribution is 2.28. The van der Waals surface area contributed by atoms with E-state index < -0.39 is 16.0 Å². The van der Waals surface area contributed by atoms with Gasteiger partial charge in [0.05, 0.1) is 10.5 Å². The standard InChI is InChI=1S/C19H26N2O5S/c1-14-6-10-20(11-7-14)18(22)15-8-12-21(13-9-15)27(25,26)17-5-3-2-4-16(17)19(23)24/h2-5,14-15H,6-13H2,1H3,(H,23,24). The topological polar surface area (TPSA) is 95.0 Å². The number of sulfonamides is 1. The summed E-state index contributed by atoms with van der Waals surface area (Å²) in [7, 11) is -3.89. The van der Waals surface area contributed by atoms with Gasteiger partial charge in [-0.1, -0.05) is 19.1 Å². The molecule has 3 rings (SSSR count). The van der Waals surface area contributed by atoms with Gasteiger partial charge >= 0.3 is 5.97 Å². The highest BCUT2D eigenvalue weighted by atomic mass is 32.2. The Morgan fingerprint density at radius 1 is 1.00 bits per heavy atom.